The number of rotatable bonds is 4. The molecule has 5 nitrogen and oxygen atoms in total. The summed E-state index contributed by atoms with van der Waals surface area (Å²) in [6.07, 6.45) is 0. The maximum absolute atomic E-state index is 12.5. The summed E-state index contributed by atoms with van der Waals surface area (Å²) in [5.41, 5.74) is 1.83. The van der Waals surface area contributed by atoms with Gasteiger partial charge in [0.2, 0.25) is 0 Å². The zero-order chi connectivity index (χ0) is 17.4. The van der Waals surface area contributed by atoms with Gasteiger partial charge in [0.15, 0.2) is 0 Å². The molecule has 2 rings (SSSR count). The van der Waals surface area contributed by atoms with Gasteiger partial charge >= 0.3 is 5.97 Å². The van der Waals surface area contributed by atoms with Gasteiger partial charge in [-0.3, -0.25) is 4.72 Å². The molecule has 0 saturated carbocycles. The highest BCUT2D eigenvalue weighted by atomic mass is 35.5. The van der Waals surface area contributed by atoms with Gasteiger partial charge < -0.3 is 5.11 Å². The van der Waals surface area contributed by atoms with Crippen molar-refractivity contribution in [3.05, 3.63) is 57.1 Å². The average molecular weight is 374 g/mol. The molecule has 0 saturated heterocycles. The van der Waals surface area contributed by atoms with E-state index in [1.54, 1.807) is 19.1 Å². The zero-order valence-electron chi connectivity index (χ0n) is 12.2. The van der Waals surface area contributed by atoms with Crippen molar-refractivity contribution in [1.82, 2.24) is 0 Å². The Balaban J connectivity index is 2.53. The Morgan fingerprint density at radius 1 is 1.13 bits per heavy atom. The number of benzene rings is 2. The number of hydrogen-bond acceptors (Lipinski definition) is 3. The monoisotopic (exact) mass is 373 g/mol. The minimum atomic E-state index is -4.09. The lowest BCUT2D eigenvalue weighted by Gasteiger charge is -2.13. The van der Waals surface area contributed by atoms with Gasteiger partial charge in [-0.2, -0.15) is 0 Å². The summed E-state index contributed by atoms with van der Waals surface area (Å²) in [5.74, 6) is -1.30. The van der Waals surface area contributed by atoms with Crippen LogP contribution < -0.4 is 4.72 Å². The van der Waals surface area contributed by atoms with Crippen molar-refractivity contribution in [1.29, 1.82) is 0 Å². The van der Waals surface area contributed by atoms with Gasteiger partial charge in [-0.15, -0.1) is 0 Å². The van der Waals surface area contributed by atoms with E-state index < -0.39 is 16.0 Å². The average Bonchev–Trinajstić information content (AvgIpc) is 2.44. The van der Waals surface area contributed by atoms with E-state index in [1.165, 1.54) is 0 Å². The Morgan fingerprint density at radius 3 is 2.35 bits per heavy atom. The SMILES string of the molecule is Cc1ccc(NS(=O)(=O)c2cc(C(=O)O)cc(Cl)c2Cl)c(C)c1. The van der Waals surface area contributed by atoms with E-state index in [4.69, 9.17) is 28.3 Å². The molecule has 0 fully saturated rings. The van der Waals surface area contributed by atoms with Gasteiger partial charge in [-0.25, -0.2) is 13.2 Å². The van der Waals surface area contributed by atoms with E-state index in [2.05, 4.69) is 4.72 Å². The highest BCUT2D eigenvalue weighted by molar-refractivity contribution is 7.92. The number of aromatic carboxylic acids is 1. The molecular weight excluding hydrogens is 361 g/mol. The second-order valence-corrected chi connectivity index (χ2v) is 7.44. The van der Waals surface area contributed by atoms with Gasteiger partial charge in [-0.1, -0.05) is 40.9 Å². The van der Waals surface area contributed by atoms with Crippen LogP contribution in [-0.4, -0.2) is 19.5 Å². The number of aryl methyl sites for hydroxylation is 2. The molecule has 0 unspecified atom stereocenters. The molecule has 0 heterocycles. The van der Waals surface area contributed by atoms with E-state index in [9.17, 15) is 13.2 Å². The summed E-state index contributed by atoms with van der Waals surface area (Å²) in [6.45, 7) is 3.64. The normalized spacial score (nSPS) is 11.3. The molecule has 2 aromatic rings. The van der Waals surface area contributed by atoms with Crippen LogP contribution in [0.2, 0.25) is 10.0 Å². The van der Waals surface area contributed by atoms with Crippen LogP contribution >= 0.6 is 23.2 Å². The minimum absolute atomic E-state index is 0.146. The number of hydrogen-bond donors (Lipinski definition) is 2. The van der Waals surface area contributed by atoms with Gasteiger partial charge in [0, 0.05) is 0 Å². The zero-order valence-corrected chi connectivity index (χ0v) is 14.6. The van der Waals surface area contributed by atoms with E-state index in [1.807, 2.05) is 13.0 Å². The minimum Gasteiger partial charge on any atom is -0.478 e. The second kappa shape index (κ2) is 6.39. The first-order valence-corrected chi connectivity index (χ1v) is 8.68. The van der Waals surface area contributed by atoms with Crippen LogP contribution in [0.25, 0.3) is 0 Å². The standard InChI is InChI=1S/C15H13Cl2NO4S/c1-8-3-4-12(9(2)5-8)18-23(21,22)13-7-10(15(19)20)6-11(16)14(13)17/h3-7,18H,1-2H3,(H,19,20). The quantitative estimate of drug-likeness (QED) is 0.844. The van der Waals surface area contributed by atoms with Crippen LogP contribution in [0.4, 0.5) is 5.69 Å². The summed E-state index contributed by atoms with van der Waals surface area (Å²) < 4.78 is 27.5. The lowest BCUT2D eigenvalue weighted by atomic mass is 10.1. The van der Waals surface area contributed by atoms with Crippen molar-refractivity contribution in [2.24, 2.45) is 0 Å². The van der Waals surface area contributed by atoms with Crippen LogP contribution in [0, 0.1) is 13.8 Å². The highest BCUT2D eigenvalue weighted by Gasteiger charge is 2.23. The third kappa shape index (κ3) is 3.77. The number of halogens is 2. The first-order valence-electron chi connectivity index (χ1n) is 6.44. The van der Waals surface area contributed by atoms with Crippen molar-refractivity contribution < 1.29 is 18.3 Å². The van der Waals surface area contributed by atoms with E-state index in [0.29, 0.717) is 5.69 Å². The fourth-order valence-electron chi connectivity index (χ4n) is 2.01. The number of carboxylic acids is 1. The molecule has 23 heavy (non-hydrogen) atoms. The van der Waals surface area contributed by atoms with Gasteiger partial charge in [0.25, 0.3) is 10.0 Å². The fraction of sp³-hybridized carbons (Fsp3) is 0.133. The number of carboxylic acid groups (broad SMARTS) is 1. The lowest BCUT2D eigenvalue weighted by molar-refractivity contribution is 0.0696. The van der Waals surface area contributed by atoms with Crippen molar-refractivity contribution in [3.63, 3.8) is 0 Å². The van der Waals surface area contributed by atoms with Crippen LogP contribution in [0.5, 0.6) is 0 Å². The number of anilines is 1. The lowest BCUT2D eigenvalue weighted by Crippen LogP contribution is -2.15. The number of carbonyl (C=O) groups is 1. The predicted octanol–water partition coefficient (Wildman–Crippen LogP) is 4.11. The first kappa shape index (κ1) is 17.6. The summed E-state index contributed by atoms with van der Waals surface area (Å²) in [7, 11) is -4.09. The summed E-state index contributed by atoms with van der Waals surface area (Å²) in [5, 5.41) is 8.66. The Kier molecular flexibility index (Phi) is 4.89. The molecule has 2 N–H and O–H groups in total. The molecule has 0 atom stereocenters. The molecule has 0 aliphatic heterocycles. The fourth-order valence-corrected chi connectivity index (χ4v) is 3.96. The van der Waals surface area contributed by atoms with E-state index >= 15 is 0 Å². The second-order valence-electron chi connectivity index (χ2n) is 5.00. The Hall–Kier alpha value is -1.76. The number of nitrogens with one attached hydrogen (secondary N) is 1. The van der Waals surface area contributed by atoms with Crippen LogP contribution in [-0.2, 0) is 10.0 Å². The smallest absolute Gasteiger partial charge is 0.335 e. The van der Waals surface area contributed by atoms with Crippen molar-refractivity contribution in [3.8, 4) is 0 Å². The molecule has 0 spiro atoms. The Bertz CT molecular complexity index is 895. The summed E-state index contributed by atoms with van der Waals surface area (Å²) in [6, 6.07) is 7.27. The molecule has 122 valence electrons. The summed E-state index contributed by atoms with van der Waals surface area (Å²) >= 11 is 11.8. The molecule has 0 amide bonds. The van der Waals surface area contributed by atoms with Crippen LogP contribution in [0.3, 0.4) is 0 Å². The maximum Gasteiger partial charge on any atom is 0.335 e. The van der Waals surface area contributed by atoms with Crippen molar-refractivity contribution in [2.45, 2.75) is 18.7 Å². The van der Waals surface area contributed by atoms with Gasteiger partial charge in [-0.05, 0) is 37.6 Å². The third-order valence-electron chi connectivity index (χ3n) is 3.16. The van der Waals surface area contributed by atoms with Crippen LogP contribution in [0.1, 0.15) is 21.5 Å². The summed E-state index contributed by atoms with van der Waals surface area (Å²) in [4.78, 5) is 10.7. The van der Waals surface area contributed by atoms with Crippen molar-refractivity contribution in [2.75, 3.05) is 4.72 Å². The topological polar surface area (TPSA) is 83.5 Å². The largest absolute Gasteiger partial charge is 0.478 e. The van der Waals surface area contributed by atoms with E-state index in [-0.39, 0.29) is 20.5 Å². The molecular formula is C15H13Cl2NO4S. The molecule has 2 aromatic carbocycles. The highest BCUT2D eigenvalue weighted by Crippen LogP contribution is 2.32. The first-order chi connectivity index (χ1) is 10.6. The molecule has 8 heteroatoms. The molecule has 0 aromatic heterocycles. The van der Waals surface area contributed by atoms with Crippen molar-refractivity contribution >= 4 is 44.9 Å². The van der Waals surface area contributed by atoms with Crippen LogP contribution in [0.15, 0.2) is 35.2 Å². The third-order valence-corrected chi connectivity index (χ3v) is 5.46. The predicted molar refractivity (Wildman–Crippen MR) is 90.1 cm³/mol. The van der Waals surface area contributed by atoms with Gasteiger partial charge in [0.1, 0.15) is 4.90 Å². The molecule has 0 radical (unpaired) electrons. The Morgan fingerprint density at radius 2 is 1.78 bits per heavy atom. The maximum atomic E-state index is 12.5. The molecule has 0 bridgehead atoms. The van der Waals surface area contributed by atoms with Gasteiger partial charge in [0.05, 0.1) is 21.3 Å². The molecule has 0 aliphatic rings. The number of sulfonamides is 1. The molecule has 0 aliphatic carbocycles. The Labute approximate surface area is 143 Å². The van der Waals surface area contributed by atoms with E-state index in [0.717, 1.165) is 23.3 Å².